The van der Waals surface area contributed by atoms with E-state index < -0.39 is 17.7 Å². The van der Waals surface area contributed by atoms with Gasteiger partial charge in [-0.2, -0.15) is 4.98 Å². The molecule has 2 unspecified atom stereocenters. The SMILES string of the molecule is COc1cc(Cl)ccc1C(=O)N1CC(C(N)=O)C(c2nc(C)no2)C1. The molecule has 0 aliphatic carbocycles. The van der Waals surface area contributed by atoms with E-state index >= 15 is 0 Å². The van der Waals surface area contributed by atoms with Gasteiger partial charge in [0.2, 0.25) is 11.8 Å². The molecule has 3 rings (SSSR count). The van der Waals surface area contributed by atoms with Gasteiger partial charge < -0.3 is 19.9 Å². The van der Waals surface area contributed by atoms with Crippen molar-refractivity contribution in [2.75, 3.05) is 20.2 Å². The molecule has 2 amide bonds. The zero-order valence-electron chi connectivity index (χ0n) is 13.7. The number of amides is 2. The summed E-state index contributed by atoms with van der Waals surface area (Å²) in [5.41, 5.74) is 5.86. The smallest absolute Gasteiger partial charge is 0.257 e. The van der Waals surface area contributed by atoms with Gasteiger partial charge >= 0.3 is 0 Å². The Hall–Kier alpha value is -2.61. The first-order valence-corrected chi connectivity index (χ1v) is 8.01. The highest BCUT2D eigenvalue weighted by Crippen LogP contribution is 2.34. The first kappa shape index (κ1) is 17.2. The van der Waals surface area contributed by atoms with Crippen molar-refractivity contribution in [2.45, 2.75) is 12.8 Å². The number of halogens is 1. The zero-order chi connectivity index (χ0) is 18.1. The molecule has 1 fully saturated rings. The maximum Gasteiger partial charge on any atom is 0.257 e. The normalized spacial score (nSPS) is 19.9. The fourth-order valence-corrected chi connectivity index (χ4v) is 3.15. The highest BCUT2D eigenvalue weighted by molar-refractivity contribution is 6.30. The van der Waals surface area contributed by atoms with Gasteiger partial charge in [0.1, 0.15) is 5.75 Å². The molecule has 2 aromatic rings. The number of ether oxygens (including phenoxy) is 1. The Labute approximate surface area is 148 Å². The van der Waals surface area contributed by atoms with E-state index in [-0.39, 0.29) is 19.0 Å². The lowest BCUT2D eigenvalue weighted by molar-refractivity contribution is -0.121. The molecule has 0 bridgehead atoms. The lowest BCUT2D eigenvalue weighted by Gasteiger charge is -2.17. The van der Waals surface area contributed by atoms with Crippen LogP contribution in [0.3, 0.4) is 0 Å². The molecule has 1 aliphatic heterocycles. The molecular formula is C16H17ClN4O4. The van der Waals surface area contributed by atoms with E-state index in [0.29, 0.717) is 28.1 Å². The van der Waals surface area contributed by atoms with E-state index in [1.54, 1.807) is 25.1 Å². The van der Waals surface area contributed by atoms with Crippen LogP contribution < -0.4 is 10.5 Å². The van der Waals surface area contributed by atoms with E-state index in [0.717, 1.165) is 0 Å². The van der Waals surface area contributed by atoms with Crippen molar-refractivity contribution in [3.63, 3.8) is 0 Å². The average molecular weight is 365 g/mol. The number of hydrogen-bond acceptors (Lipinski definition) is 6. The minimum absolute atomic E-state index is 0.173. The number of likely N-dealkylation sites (tertiary alicyclic amines) is 1. The summed E-state index contributed by atoms with van der Waals surface area (Å²) in [5, 5.41) is 4.21. The number of aromatic nitrogens is 2. The van der Waals surface area contributed by atoms with Crippen molar-refractivity contribution < 1.29 is 18.8 Å². The number of hydrogen-bond donors (Lipinski definition) is 1. The monoisotopic (exact) mass is 364 g/mol. The number of nitrogens with zero attached hydrogens (tertiary/aromatic N) is 3. The predicted molar refractivity (Wildman–Crippen MR) is 88.4 cm³/mol. The first-order valence-electron chi connectivity index (χ1n) is 7.63. The van der Waals surface area contributed by atoms with Gasteiger partial charge in [0.05, 0.1) is 24.5 Å². The minimum Gasteiger partial charge on any atom is -0.496 e. The number of aryl methyl sites for hydroxylation is 1. The topological polar surface area (TPSA) is 112 Å². The van der Waals surface area contributed by atoms with Crippen molar-refractivity contribution in [3.05, 3.63) is 40.5 Å². The summed E-state index contributed by atoms with van der Waals surface area (Å²) in [6.45, 7) is 2.11. The van der Waals surface area contributed by atoms with Crippen LogP contribution in [0.15, 0.2) is 22.7 Å². The van der Waals surface area contributed by atoms with Crippen molar-refractivity contribution in [1.82, 2.24) is 15.0 Å². The molecular weight excluding hydrogens is 348 g/mol. The summed E-state index contributed by atoms with van der Waals surface area (Å²) in [6.07, 6.45) is 0. The van der Waals surface area contributed by atoms with Crippen LogP contribution in [0.2, 0.25) is 5.02 Å². The fourth-order valence-electron chi connectivity index (χ4n) is 2.98. The van der Waals surface area contributed by atoms with E-state index in [1.807, 2.05) is 0 Å². The summed E-state index contributed by atoms with van der Waals surface area (Å²) in [7, 11) is 1.46. The number of carbonyl (C=O) groups is 2. The largest absolute Gasteiger partial charge is 0.496 e. The molecule has 1 aromatic heterocycles. The molecule has 0 spiro atoms. The van der Waals surface area contributed by atoms with Gasteiger partial charge in [-0.05, 0) is 25.1 Å². The number of rotatable bonds is 4. The Morgan fingerprint density at radius 2 is 2.16 bits per heavy atom. The summed E-state index contributed by atoms with van der Waals surface area (Å²) < 4.78 is 10.4. The molecule has 0 saturated carbocycles. The van der Waals surface area contributed by atoms with Gasteiger partial charge in [-0.15, -0.1) is 0 Å². The first-order chi connectivity index (χ1) is 11.9. The van der Waals surface area contributed by atoms with Crippen molar-refractivity contribution in [1.29, 1.82) is 0 Å². The van der Waals surface area contributed by atoms with Crippen LogP contribution in [0.25, 0.3) is 0 Å². The molecule has 25 heavy (non-hydrogen) atoms. The van der Waals surface area contributed by atoms with Crippen LogP contribution in [0.4, 0.5) is 0 Å². The Morgan fingerprint density at radius 1 is 1.40 bits per heavy atom. The molecule has 132 valence electrons. The maximum atomic E-state index is 12.9. The quantitative estimate of drug-likeness (QED) is 0.877. The Balaban J connectivity index is 1.88. The minimum atomic E-state index is -0.595. The van der Waals surface area contributed by atoms with Gasteiger partial charge in [0.15, 0.2) is 5.82 Å². The number of carbonyl (C=O) groups excluding carboxylic acids is 2. The van der Waals surface area contributed by atoms with Crippen LogP contribution in [-0.2, 0) is 4.79 Å². The summed E-state index contributed by atoms with van der Waals surface area (Å²) in [6, 6.07) is 4.76. The van der Waals surface area contributed by atoms with E-state index in [1.165, 1.54) is 12.0 Å². The van der Waals surface area contributed by atoms with Crippen LogP contribution >= 0.6 is 11.6 Å². The lowest BCUT2D eigenvalue weighted by atomic mass is 9.95. The molecule has 1 aromatic carbocycles. The zero-order valence-corrected chi connectivity index (χ0v) is 14.5. The van der Waals surface area contributed by atoms with Crippen molar-refractivity contribution in [2.24, 2.45) is 11.7 Å². The van der Waals surface area contributed by atoms with Crippen molar-refractivity contribution >= 4 is 23.4 Å². The lowest BCUT2D eigenvalue weighted by Crippen LogP contribution is -2.32. The molecule has 1 saturated heterocycles. The maximum absolute atomic E-state index is 12.9. The Bertz CT molecular complexity index is 822. The van der Waals surface area contributed by atoms with Gasteiger partial charge in [0, 0.05) is 18.1 Å². The molecule has 1 aliphatic rings. The third-order valence-electron chi connectivity index (χ3n) is 4.23. The number of methoxy groups -OCH3 is 1. The third-order valence-corrected chi connectivity index (χ3v) is 4.46. The van der Waals surface area contributed by atoms with Gasteiger partial charge in [0.25, 0.3) is 5.91 Å². The van der Waals surface area contributed by atoms with Crippen LogP contribution in [0.1, 0.15) is 28.0 Å². The molecule has 8 nitrogen and oxygen atoms in total. The molecule has 2 heterocycles. The van der Waals surface area contributed by atoms with Gasteiger partial charge in [-0.25, -0.2) is 0 Å². The average Bonchev–Trinajstić information content (AvgIpc) is 3.20. The van der Waals surface area contributed by atoms with E-state index in [2.05, 4.69) is 10.1 Å². The van der Waals surface area contributed by atoms with Crippen LogP contribution in [0, 0.1) is 12.8 Å². The third kappa shape index (κ3) is 3.30. The molecule has 2 atom stereocenters. The predicted octanol–water partition coefficient (Wildman–Crippen LogP) is 1.38. The summed E-state index contributed by atoms with van der Waals surface area (Å²) >= 11 is 5.94. The Morgan fingerprint density at radius 3 is 2.76 bits per heavy atom. The van der Waals surface area contributed by atoms with Gasteiger partial charge in [-0.1, -0.05) is 16.8 Å². The van der Waals surface area contributed by atoms with Crippen LogP contribution in [-0.4, -0.2) is 47.1 Å². The highest BCUT2D eigenvalue weighted by atomic mass is 35.5. The number of nitrogens with two attached hydrogens (primary N) is 1. The summed E-state index contributed by atoms with van der Waals surface area (Å²) in [5.74, 6) is -0.687. The van der Waals surface area contributed by atoms with Crippen LogP contribution in [0.5, 0.6) is 5.75 Å². The second-order valence-electron chi connectivity index (χ2n) is 5.85. The molecule has 9 heteroatoms. The second kappa shape index (κ2) is 6.72. The van der Waals surface area contributed by atoms with Crippen molar-refractivity contribution in [3.8, 4) is 5.75 Å². The van der Waals surface area contributed by atoms with E-state index in [4.69, 9.17) is 26.6 Å². The fraction of sp³-hybridized carbons (Fsp3) is 0.375. The molecule has 2 N–H and O–H groups in total. The second-order valence-corrected chi connectivity index (χ2v) is 6.29. The number of primary amides is 1. The highest BCUT2D eigenvalue weighted by Gasteiger charge is 2.43. The van der Waals surface area contributed by atoms with E-state index in [9.17, 15) is 9.59 Å². The summed E-state index contributed by atoms with van der Waals surface area (Å²) in [4.78, 5) is 30.4. The Kier molecular flexibility index (Phi) is 4.63. The molecule has 0 radical (unpaired) electrons. The number of benzene rings is 1. The standard InChI is InChI=1S/C16H17ClN4O4/c1-8-19-15(25-20-8)12-7-21(6-11(12)14(18)22)16(23)10-4-3-9(17)5-13(10)24-2/h3-5,11-12H,6-7H2,1-2H3,(H2,18,22). The van der Waals surface area contributed by atoms with Gasteiger partial charge in [-0.3, -0.25) is 9.59 Å².